The average molecular weight is 376 g/mol. The molecule has 1 heterocycles. The summed E-state index contributed by atoms with van der Waals surface area (Å²) in [6.45, 7) is 2.70. The van der Waals surface area contributed by atoms with E-state index in [0.29, 0.717) is 11.7 Å². The summed E-state index contributed by atoms with van der Waals surface area (Å²) in [5.74, 6) is 0.423. The molecular formula is C17H24N6O2S. The molecule has 0 bridgehead atoms. The number of nitrogens with one attached hydrogen (secondary N) is 1. The summed E-state index contributed by atoms with van der Waals surface area (Å²) in [6.07, 6.45) is 0.882. The fourth-order valence-corrected chi connectivity index (χ4v) is 3.39. The van der Waals surface area contributed by atoms with Gasteiger partial charge in [-0.1, -0.05) is 49.0 Å². The summed E-state index contributed by atoms with van der Waals surface area (Å²) in [7, 11) is 4.01. The topological polar surface area (TPSA) is 106 Å². The van der Waals surface area contributed by atoms with Gasteiger partial charge in [-0.15, -0.1) is 10.2 Å². The van der Waals surface area contributed by atoms with Gasteiger partial charge in [0.2, 0.25) is 5.91 Å². The molecule has 0 saturated carbocycles. The van der Waals surface area contributed by atoms with Gasteiger partial charge in [-0.25, -0.2) is 4.79 Å². The van der Waals surface area contributed by atoms with Crippen molar-refractivity contribution in [3.63, 3.8) is 0 Å². The van der Waals surface area contributed by atoms with Gasteiger partial charge in [0.15, 0.2) is 11.0 Å². The second kappa shape index (κ2) is 9.35. The van der Waals surface area contributed by atoms with Crippen LogP contribution in [0.5, 0.6) is 0 Å². The van der Waals surface area contributed by atoms with E-state index in [-0.39, 0.29) is 11.8 Å². The molecule has 3 amide bonds. The fourth-order valence-electron chi connectivity index (χ4n) is 2.65. The first kappa shape index (κ1) is 19.9. The van der Waals surface area contributed by atoms with E-state index in [1.807, 2.05) is 49.0 Å². The minimum absolute atomic E-state index is 0.0363. The molecule has 9 heteroatoms. The molecule has 2 rings (SSSR count). The van der Waals surface area contributed by atoms with Crippen molar-refractivity contribution in [2.24, 2.45) is 5.73 Å². The van der Waals surface area contributed by atoms with E-state index < -0.39 is 11.9 Å². The second-order valence-corrected chi connectivity index (χ2v) is 6.94. The van der Waals surface area contributed by atoms with Crippen LogP contribution in [0.3, 0.4) is 0 Å². The molecule has 1 aromatic heterocycles. The van der Waals surface area contributed by atoms with Crippen LogP contribution >= 0.6 is 11.8 Å². The lowest BCUT2D eigenvalue weighted by atomic mass is 10.2. The number of benzene rings is 1. The third kappa shape index (κ3) is 5.30. The largest absolute Gasteiger partial charge is 0.351 e. The van der Waals surface area contributed by atoms with Gasteiger partial charge in [0.1, 0.15) is 0 Å². The van der Waals surface area contributed by atoms with Gasteiger partial charge >= 0.3 is 6.03 Å². The first-order valence-corrected chi connectivity index (χ1v) is 9.26. The van der Waals surface area contributed by atoms with E-state index in [2.05, 4.69) is 27.3 Å². The van der Waals surface area contributed by atoms with Crippen molar-refractivity contribution in [1.82, 2.24) is 25.0 Å². The molecule has 140 valence electrons. The summed E-state index contributed by atoms with van der Waals surface area (Å²) in [4.78, 5) is 24.6. The second-order valence-electron chi connectivity index (χ2n) is 6.00. The van der Waals surface area contributed by atoms with E-state index in [9.17, 15) is 9.59 Å². The minimum atomic E-state index is -0.860. The Kier molecular flexibility index (Phi) is 7.16. The summed E-state index contributed by atoms with van der Waals surface area (Å²) >= 11 is 1.23. The number of aromatic nitrogens is 3. The Morgan fingerprint density at radius 3 is 2.54 bits per heavy atom. The third-order valence-electron chi connectivity index (χ3n) is 3.83. The highest BCUT2D eigenvalue weighted by molar-refractivity contribution is 7.99. The Hall–Kier alpha value is -2.39. The smallest absolute Gasteiger partial charge is 0.318 e. The Morgan fingerprint density at radius 1 is 1.27 bits per heavy atom. The molecule has 26 heavy (non-hydrogen) atoms. The number of amides is 3. The number of nitrogens with two attached hydrogens (primary N) is 1. The number of primary amides is 1. The third-order valence-corrected chi connectivity index (χ3v) is 4.80. The zero-order valence-electron chi connectivity index (χ0n) is 15.2. The van der Waals surface area contributed by atoms with E-state index in [0.717, 1.165) is 17.8 Å². The average Bonchev–Trinajstić information content (AvgIpc) is 2.96. The molecule has 8 nitrogen and oxygen atoms in total. The maximum absolute atomic E-state index is 11.7. The van der Waals surface area contributed by atoms with Gasteiger partial charge in [-0.05, 0) is 26.1 Å². The summed E-state index contributed by atoms with van der Waals surface area (Å²) in [5.41, 5.74) is 6.09. The van der Waals surface area contributed by atoms with Crippen molar-refractivity contribution in [3.8, 4) is 0 Å². The van der Waals surface area contributed by atoms with Gasteiger partial charge in [-0.3, -0.25) is 15.0 Å². The molecular weight excluding hydrogens is 352 g/mol. The monoisotopic (exact) mass is 376 g/mol. The van der Waals surface area contributed by atoms with E-state index in [4.69, 9.17) is 5.73 Å². The standard InChI is InChI=1S/C17H24N6O2S/c1-4-13(22(2)3)15-20-21-17(26-11-14(24)19-16(18)25)23(15)10-12-8-6-5-7-9-12/h5-9,13H,4,10-11H2,1-3H3,(H3,18,19,24,25)/t13-/m0/s1. The maximum atomic E-state index is 11.7. The van der Waals surface area contributed by atoms with Crippen LogP contribution in [0.25, 0.3) is 0 Å². The molecule has 1 atom stereocenters. The van der Waals surface area contributed by atoms with Gasteiger partial charge in [0.05, 0.1) is 18.3 Å². The van der Waals surface area contributed by atoms with Crippen molar-refractivity contribution >= 4 is 23.7 Å². The summed E-state index contributed by atoms with van der Waals surface area (Å²) in [5, 5.41) is 11.3. The van der Waals surface area contributed by atoms with Crippen molar-refractivity contribution in [2.45, 2.75) is 31.1 Å². The number of carbonyl (C=O) groups is 2. The van der Waals surface area contributed by atoms with Crippen LogP contribution in [0.2, 0.25) is 0 Å². The van der Waals surface area contributed by atoms with E-state index in [1.165, 1.54) is 11.8 Å². The molecule has 0 saturated heterocycles. The van der Waals surface area contributed by atoms with Crippen LogP contribution in [0, 0.1) is 0 Å². The van der Waals surface area contributed by atoms with Gasteiger partial charge in [-0.2, -0.15) is 0 Å². The SMILES string of the molecule is CC[C@@H](c1nnc(SCC(=O)NC(N)=O)n1Cc1ccccc1)N(C)C. The number of carbonyl (C=O) groups excluding carboxylic acids is 2. The predicted octanol–water partition coefficient (Wildman–Crippen LogP) is 1.63. The Bertz CT molecular complexity index is 747. The summed E-state index contributed by atoms with van der Waals surface area (Å²) in [6, 6.07) is 9.25. The van der Waals surface area contributed by atoms with Gasteiger partial charge in [0, 0.05) is 0 Å². The molecule has 0 aliphatic rings. The van der Waals surface area contributed by atoms with Crippen LogP contribution in [0.1, 0.15) is 30.8 Å². The minimum Gasteiger partial charge on any atom is -0.351 e. The quantitative estimate of drug-likeness (QED) is 0.678. The van der Waals surface area contributed by atoms with Crippen molar-refractivity contribution in [2.75, 3.05) is 19.8 Å². The zero-order valence-corrected chi connectivity index (χ0v) is 16.0. The lowest BCUT2D eigenvalue weighted by Gasteiger charge is -2.23. The number of nitrogens with zero attached hydrogens (tertiary/aromatic N) is 4. The molecule has 2 aromatic rings. The Balaban J connectivity index is 2.27. The molecule has 0 fully saturated rings. The highest BCUT2D eigenvalue weighted by Gasteiger charge is 2.22. The van der Waals surface area contributed by atoms with Crippen molar-refractivity contribution in [3.05, 3.63) is 41.7 Å². The van der Waals surface area contributed by atoms with Crippen LogP contribution in [0.15, 0.2) is 35.5 Å². The lowest BCUT2D eigenvalue weighted by molar-refractivity contribution is -0.117. The zero-order chi connectivity index (χ0) is 19.1. The van der Waals surface area contributed by atoms with Gasteiger partial charge in [0.25, 0.3) is 0 Å². The molecule has 0 aliphatic carbocycles. The number of imide groups is 1. The highest BCUT2D eigenvalue weighted by atomic mass is 32.2. The molecule has 0 unspecified atom stereocenters. The van der Waals surface area contributed by atoms with Crippen LogP contribution in [-0.4, -0.2) is 51.5 Å². The first-order chi connectivity index (χ1) is 12.4. The summed E-state index contributed by atoms with van der Waals surface area (Å²) < 4.78 is 2.02. The van der Waals surface area contributed by atoms with Crippen molar-refractivity contribution in [1.29, 1.82) is 0 Å². The normalized spacial score (nSPS) is 12.2. The first-order valence-electron chi connectivity index (χ1n) is 8.27. The molecule has 0 radical (unpaired) electrons. The molecule has 0 spiro atoms. The highest BCUT2D eigenvalue weighted by Crippen LogP contribution is 2.26. The maximum Gasteiger partial charge on any atom is 0.318 e. The number of hydrogen-bond donors (Lipinski definition) is 2. The van der Waals surface area contributed by atoms with E-state index in [1.54, 1.807) is 0 Å². The Morgan fingerprint density at radius 2 is 1.96 bits per heavy atom. The van der Waals surface area contributed by atoms with Crippen LogP contribution in [-0.2, 0) is 11.3 Å². The molecule has 0 aliphatic heterocycles. The van der Waals surface area contributed by atoms with Crippen LogP contribution < -0.4 is 11.1 Å². The fraction of sp³-hybridized carbons (Fsp3) is 0.412. The molecule has 3 N–H and O–H groups in total. The lowest BCUT2D eigenvalue weighted by Crippen LogP contribution is -2.36. The number of rotatable bonds is 8. The van der Waals surface area contributed by atoms with Gasteiger partial charge < -0.3 is 10.3 Å². The van der Waals surface area contributed by atoms with Crippen LogP contribution in [0.4, 0.5) is 4.79 Å². The van der Waals surface area contributed by atoms with E-state index >= 15 is 0 Å². The number of thioether (sulfide) groups is 1. The predicted molar refractivity (Wildman–Crippen MR) is 101 cm³/mol. The number of urea groups is 1. The Labute approximate surface area is 157 Å². The number of hydrogen-bond acceptors (Lipinski definition) is 6. The molecule has 1 aromatic carbocycles. The van der Waals surface area contributed by atoms with Crippen molar-refractivity contribution < 1.29 is 9.59 Å².